The van der Waals surface area contributed by atoms with E-state index in [1.807, 2.05) is 62.4 Å². The summed E-state index contributed by atoms with van der Waals surface area (Å²) in [7, 11) is 0. The van der Waals surface area contributed by atoms with Gasteiger partial charge in [0, 0.05) is 11.5 Å². The zero-order valence-electron chi connectivity index (χ0n) is 10.3. The van der Waals surface area contributed by atoms with Crippen LogP contribution in [0.25, 0.3) is 0 Å². The molecule has 0 aliphatic carbocycles. The van der Waals surface area contributed by atoms with Gasteiger partial charge < -0.3 is 9.47 Å². The molecule has 0 bridgehead atoms. The Hall–Kier alpha value is -0.986. The van der Waals surface area contributed by atoms with Gasteiger partial charge in [0.05, 0.1) is 13.2 Å². The van der Waals surface area contributed by atoms with Gasteiger partial charge in [0.2, 0.25) is 0 Å². The van der Waals surface area contributed by atoms with Crippen molar-refractivity contribution in [3.8, 4) is 11.5 Å². The first-order valence-corrected chi connectivity index (χ1v) is 5.55. The first kappa shape index (κ1) is 16.0. The molecule has 2 nitrogen and oxygen atoms in total. The quantitative estimate of drug-likeness (QED) is 0.621. The second-order valence-corrected chi connectivity index (χ2v) is 3.11. The van der Waals surface area contributed by atoms with Crippen molar-refractivity contribution in [2.24, 2.45) is 0 Å². The summed E-state index contributed by atoms with van der Waals surface area (Å²) >= 11 is 0. The summed E-state index contributed by atoms with van der Waals surface area (Å²) in [6.07, 6.45) is 0. The van der Waals surface area contributed by atoms with Crippen molar-refractivity contribution in [3.63, 3.8) is 0 Å². The smallest absolute Gasteiger partial charge is 0.551 e. The number of rotatable bonds is 4. The average molecular weight is 266 g/mol. The van der Waals surface area contributed by atoms with E-state index in [4.69, 9.17) is 9.47 Å². The van der Waals surface area contributed by atoms with Gasteiger partial charge in [-0.05, 0) is 13.8 Å². The molecule has 0 amide bonds. The fourth-order valence-electron chi connectivity index (χ4n) is 1.24. The van der Waals surface area contributed by atoms with Crippen molar-refractivity contribution in [2.75, 3.05) is 13.2 Å². The van der Waals surface area contributed by atoms with E-state index in [0.717, 1.165) is 24.7 Å². The zero-order valence-corrected chi connectivity index (χ0v) is 11.9. The molecule has 2 aromatic rings. The third-order valence-electron chi connectivity index (χ3n) is 1.89. The minimum atomic E-state index is 0. The number of hydrogen-bond acceptors (Lipinski definition) is 2. The summed E-state index contributed by atoms with van der Waals surface area (Å²) in [5.74, 6) is 1.93. The van der Waals surface area contributed by atoms with Crippen molar-refractivity contribution in [1.82, 2.24) is 0 Å². The summed E-state index contributed by atoms with van der Waals surface area (Å²) in [4.78, 5) is 0. The fourth-order valence-corrected chi connectivity index (χ4v) is 1.24. The number of hydrogen-bond donors (Lipinski definition) is 0. The molecule has 3 heteroatoms. The van der Waals surface area contributed by atoms with Gasteiger partial charge in [0.1, 0.15) is 0 Å². The predicted octanol–water partition coefficient (Wildman–Crippen LogP) is 3.61. The molecule has 0 aliphatic rings. The maximum absolute atomic E-state index is 5.15. The monoisotopic (exact) mass is 266 g/mol. The molecule has 17 heavy (non-hydrogen) atoms. The van der Waals surface area contributed by atoms with Gasteiger partial charge in [0.25, 0.3) is 0 Å². The molecule has 0 saturated carbocycles. The van der Waals surface area contributed by atoms with E-state index in [9.17, 15) is 0 Å². The van der Waals surface area contributed by atoms with Crippen LogP contribution in [0.2, 0.25) is 0 Å². The van der Waals surface area contributed by atoms with Crippen LogP contribution in [0.1, 0.15) is 13.8 Å². The number of ether oxygens (including phenoxy) is 2. The molecule has 0 unspecified atom stereocenters. The van der Waals surface area contributed by atoms with Crippen LogP contribution in [0.4, 0.5) is 0 Å². The molecule has 0 heterocycles. The first-order valence-electron chi connectivity index (χ1n) is 5.55. The Morgan fingerprint density at radius 3 is 1.24 bits per heavy atom. The van der Waals surface area contributed by atoms with E-state index >= 15 is 0 Å². The van der Waals surface area contributed by atoms with Gasteiger partial charge in [-0.25, -0.2) is 24.3 Å². The summed E-state index contributed by atoms with van der Waals surface area (Å²) < 4.78 is 10.3. The average Bonchev–Trinajstić information content (AvgIpc) is 2.92. The molecular formula is C14H18O2Ti. The van der Waals surface area contributed by atoms with Crippen molar-refractivity contribution in [1.29, 1.82) is 0 Å². The third-order valence-corrected chi connectivity index (χ3v) is 1.89. The second-order valence-electron chi connectivity index (χ2n) is 3.11. The molecule has 0 N–H and O–H groups in total. The predicted molar refractivity (Wildman–Crippen MR) is 66.4 cm³/mol. The molecule has 0 fully saturated rings. The van der Waals surface area contributed by atoms with E-state index in [1.165, 1.54) is 0 Å². The van der Waals surface area contributed by atoms with Gasteiger partial charge in [0.15, 0.2) is 0 Å². The van der Waals surface area contributed by atoms with Gasteiger partial charge >= 0.3 is 21.7 Å². The Morgan fingerprint density at radius 1 is 0.706 bits per heavy atom. The van der Waals surface area contributed by atoms with Crippen molar-refractivity contribution < 1.29 is 31.2 Å². The van der Waals surface area contributed by atoms with Crippen LogP contribution in [-0.4, -0.2) is 13.2 Å². The maximum Gasteiger partial charge on any atom is 2.00 e. The molecule has 2 rings (SSSR count). The van der Waals surface area contributed by atoms with Crippen molar-refractivity contribution >= 4 is 0 Å². The van der Waals surface area contributed by atoms with Crippen LogP contribution < -0.4 is 9.47 Å². The summed E-state index contributed by atoms with van der Waals surface area (Å²) in [5, 5.41) is 0. The molecule has 0 aromatic heterocycles. The topological polar surface area (TPSA) is 18.5 Å². The standard InChI is InChI=1S/2C7H9O.Ti/c2*1-2-8-7-5-3-4-6-7;/h2*3-6H,2H2,1H3;/q2*-1;+2. The summed E-state index contributed by atoms with van der Waals surface area (Å²) in [5.41, 5.74) is 0. The minimum Gasteiger partial charge on any atom is -0.551 e. The molecule has 0 aliphatic heterocycles. The van der Waals surface area contributed by atoms with Crippen LogP contribution in [0.5, 0.6) is 11.5 Å². The van der Waals surface area contributed by atoms with Crippen LogP contribution in [0.3, 0.4) is 0 Å². The Morgan fingerprint density at radius 2 is 1.00 bits per heavy atom. The second kappa shape index (κ2) is 10.2. The molecular weight excluding hydrogens is 248 g/mol. The van der Waals surface area contributed by atoms with E-state index in [-0.39, 0.29) is 21.7 Å². The van der Waals surface area contributed by atoms with Gasteiger partial charge in [-0.1, -0.05) is 0 Å². The molecule has 2 aromatic carbocycles. The van der Waals surface area contributed by atoms with Gasteiger partial charge in [-0.15, -0.1) is 24.3 Å². The summed E-state index contributed by atoms with van der Waals surface area (Å²) in [6, 6.07) is 15.6. The largest absolute Gasteiger partial charge is 2.00 e. The SMILES string of the molecule is CCO[c-]1cccc1.CCO[c-]1cccc1.[Ti+2]. The first-order chi connectivity index (χ1) is 7.86. The summed E-state index contributed by atoms with van der Waals surface area (Å²) in [6.45, 7) is 5.47. The van der Waals surface area contributed by atoms with Crippen LogP contribution in [0.15, 0.2) is 48.5 Å². The van der Waals surface area contributed by atoms with E-state index in [1.54, 1.807) is 0 Å². The van der Waals surface area contributed by atoms with E-state index in [2.05, 4.69) is 0 Å². The third kappa shape index (κ3) is 7.03. The Balaban J connectivity index is 0.000000284. The molecule has 0 saturated heterocycles. The molecule has 0 radical (unpaired) electrons. The van der Waals surface area contributed by atoms with Gasteiger partial charge in [-0.3, -0.25) is 0 Å². The van der Waals surface area contributed by atoms with Crippen LogP contribution in [-0.2, 0) is 21.7 Å². The Bertz CT molecular complexity index is 302. The molecule has 0 atom stereocenters. The van der Waals surface area contributed by atoms with Crippen LogP contribution >= 0.6 is 0 Å². The zero-order chi connectivity index (χ0) is 11.6. The normalized spacial score (nSPS) is 8.59. The van der Waals surface area contributed by atoms with E-state index < -0.39 is 0 Å². The van der Waals surface area contributed by atoms with E-state index in [0.29, 0.717) is 0 Å². The van der Waals surface area contributed by atoms with Crippen molar-refractivity contribution in [2.45, 2.75) is 13.8 Å². The Kier molecular flexibility index (Phi) is 9.60. The van der Waals surface area contributed by atoms with Crippen molar-refractivity contribution in [3.05, 3.63) is 48.5 Å². The van der Waals surface area contributed by atoms with Gasteiger partial charge in [-0.2, -0.15) is 0 Å². The molecule has 0 spiro atoms. The maximum atomic E-state index is 5.15. The Labute approximate surface area is 118 Å². The fraction of sp³-hybridized carbons (Fsp3) is 0.286. The minimum absolute atomic E-state index is 0. The molecule has 90 valence electrons. The van der Waals surface area contributed by atoms with Crippen LogP contribution in [0, 0.1) is 0 Å².